The Bertz CT molecular complexity index is 2300. The molecule has 0 aliphatic carbocycles. The fraction of sp³-hybridized carbons (Fsp3) is 0.790. The molecule has 23 heteroatoms. The van der Waals surface area contributed by atoms with Gasteiger partial charge in [0.1, 0.15) is 52.6 Å². The van der Waals surface area contributed by atoms with E-state index in [1.807, 2.05) is 81.3 Å². The van der Waals surface area contributed by atoms with Crippen molar-refractivity contribution in [3.05, 3.63) is 12.2 Å². The highest BCUT2D eigenvalue weighted by molar-refractivity contribution is 6.00. The summed E-state index contributed by atoms with van der Waals surface area (Å²) in [6.45, 7) is 31.6. The quantitative estimate of drug-likeness (QED) is 0.0400. The molecule has 0 spiro atoms. The minimum absolute atomic E-state index is 0.0122. The molecule has 0 bridgehead atoms. The molecule has 0 radical (unpaired) electrons. The number of Topliss-reactive ketones (excluding diaryl/α,β-unsaturated/α-hetero) is 1. The Morgan fingerprint density at radius 3 is 1.71 bits per heavy atom. The van der Waals surface area contributed by atoms with E-state index in [4.69, 9.17) is 0 Å². The van der Waals surface area contributed by atoms with Crippen molar-refractivity contribution < 1.29 is 57.8 Å². The molecular formula is C62H111N11O12. The molecule has 0 aromatic heterocycles. The zero-order valence-electron chi connectivity index (χ0n) is 55.2. The largest absolute Gasteiger partial charge is 0.390 e. The van der Waals surface area contributed by atoms with Crippen LogP contribution in [0.2, 0.25) is 0 Å². The van der Waals surface area contributed by atoms with E-state index in [-0.39, 0.29) is 85.5 Å². The molecule has 0 aromatic carbocycles. The molecule has 1 heterocycles. The average Bonchev–Trinajstić information content (AvgIpc) is 3.42. The predicted molar refractivity (Wildman–Crippen MR) is 329 cm³/mol. The molecule has 85 heavy (non-hydrogen) atoms. The first kappa shape index (κ1) is 77.0. The third kappa shape index (κ3) is 27.5. The summed E-state index contributed by atoms with van der Waals surface area (Å²) in [4.78, 5) is 154. The van der Waals surface area contributed by atoms with Crippen LogP contribution in [0.5, 0.6) is 0 Å². The van der Waals surface area contributed by atoms with Gasteiger partial charge in [-0.15, -0.1) is 0 Å². The highest BCUT2D eigenvalue weighted by atomic mass is 16.3. The first-order valence-corrected chi connectivity index (χ1v) is 30.8. The van der Waals surface area contributed by atoms with Crippen LogP contribution in [-0.2, 0) is 52.7 Å². The van der Waals surface area contributed by atoms with Crippen molar-refractivity contribution in [1.82, 2.24) is 57.7 Å². The second kappa shape index (κ2) is 35.6. The number of carbonyl (C=O) groups excluding carboxylic acids is 11. The fourth-order valence-electron chi connectivity index (χ4n) is 9.66. The summed E-state index contributed by atoms with van der Waals surface area (Å²) in [5, 5.41) is 36.2. The van der Waals surface area contributed by atoms with E-state index in [1.54, 1.807) is 26.8 Å². The van der Waals surface area contributed by atoms with Gasteiger partial charge in [0, 0.05) is 44.9 Å². The van der Waals surface area contributed by atoms with Gasteiger partial charge in [-0.3, -0.25) is 52.7 Å². The number of carbonyl (C=O) groups is 11. The van der Waals surface area contributed by atoms with E-state index in [0.29, 0.717) is 45.2 Å². The number of hydrogen-bond donors (Lipinski definition) is 10. The summed E-state index contributed by atoms with van der Waals surface area (Å²) in [6, 6.07) is -6.34. The molecule has 10 unspecified atom stereocenters. The molecule has 1 aliphatic heterocycles. The van der Waals surface area contributed by atoms with E-state index < -0.39 is 106 Å². The van der Waals surface area contributed by atoms with Gasteiger partial charge in [0.15, 0.2) is 0 Å². The number of hydrogen-bond acceptors (Lipinski definition) is 13. The van der Waals surface area contributed by atoms with E-state index >= 15 is 0 Å². The van der Waals surface area contributed by atoms with E-state index in [2.05, 4.69) is 47.9 Å². The van der Waals surface area contributed by atoms with Crippen LogP contribution in [0, 0.1) is 35.5 Å². The average molecular weight is 1200 g/mol. The number of allylic oxidation sites excluding steroid dienone is 1. The molecule has 1 aliphatic rings. The molecule has 486 valence electrons. The Morgan fingerprint density at radius 2 is 1.16 bits per heavy atom. The number of nitrogens with zero attached hydrogens (tertiary/aromatic N) is 2. The summed E-state index contributed by atoms with van der Waals surface area (Å²) < 4.78 is 0. The van der Waals surface area contributed by atoms with Crippen LogP contribution >= 0.6 is 0 Å². The molecule has 23 nitrogen and oxygen atoms in total. The Hall–Kier alpha value is -5.97. The lowest BCUT2D eigenvalue weighted by Crippen LogP contribution is -2.66. The maximum Gasteiger partial charge on any atom is 0.246 e. The third-order valence-corrected chi connectivity index (χ3v) is 15.1. The Morgan fingerprint density at radius 1 is 0.635 bits per heavy atom. The van der Waals surface area contributed by atoms with Crippen LogP contribution in [0.4, 0.5) is 0 Å². The molecule has 10 atom stereocenters. The number of likely N-dealkylation sites (tertiary alicyclic amines) is 1. The van der Waals surface area contributed by atoms with Gasteiger partial charge in [-0.25, -0.2) is 0 Å². The van der Waals surface area contributed by atoms with Gasteiger partial charge in [-0.05, 0) is 136 Å². The van der Waals surface area contributed by atoms with Gasteiger partial charge in [0.2, 0.25) is 59.1 Å². The van der Waals surface area contributed by atoms with Gasteiger partial charge in [0.25, 0.3) is 0 Å². The number of rotatable bonds is 37. The molecule has 0 saturated carbocycles. The number of aliphatic hydroxyl groups excluding tert-OH is 1. The van der Waals surface area contributed by atoms with Crippen LogP contribution in [0.1, 0.15) is 189 Å². The monoisotopic (exact) mass is 1200 g/mol. The van der Waals surface area contributed by atoms with Crippen LogP contribution in [0.15, 0.2) is 12.2 Å². The number of likely N-dealkylation sites (N-methyl/N-ethyl adjacent to an activating group) is 1. The lowest BCUT2D eigenvalue weighted by Gasteiger charge is -2.34. The van der Waals surface area contributed by atoms with E-state index in [9.17, 15) is 57.8 Å². The Labute approximate surface area is 507 Å². The van der Waals surface area contributed by atoms with Crippen LogP contribution in [0.25, 0.3) is 0 Å². The zero-order valence-corrected chi connectivity index (χ0v) is 55.2. The molecule has 10 amide bonds. The summed E-state index contributed by atoms with van der Waals surface area (Å²) in [5.41, 5.74) is -4.88. The van der Waals surface area contributed by atoms with Crippen LogP contribution in [0.3, 0.4) is 0 Å². The third-order valence-electron chi connectivity index (χ3n) is 15.1. The van der Waals surface area contributed by atoms with Crippen molar-refractivity contribution in [3.63, 3.8) is 0 Å². The number of aliphatic hydroxyl groups is 1. The number of nitrogens with one attached hydrogen (secondary N) is 9. The van der Waals surface area contributed by atoms with E-state index in [1.165, 1.54) is 52.5 Å². The molecular weight excluding hydrogens is 1090 g/mol. The SMILES string of the molecule is CCC(=O)CCCC(C)CC(NC(=O)C1CC(C)CN1C(=O)C=CC(C)CC)C(=O)NC(C(=O)NC(C)(C)C(=O)NC(CC(C)C)C(=O)NC(CC(C)C)C(=O)NC(C)(C)C(=O)NC(C)(C)C(=O)NCCC(=O)NC(C)CN(C)C)C(O)C(C)C. The van der Waals surface area contributed by atoms with Crippen molar-refractivity contribution in [2.45, 2.75) is 248 Å². The van der Waals surface area contributed by atoms with Gasteiger partial charge >= 0.3 is 0 Å². The van der Waals surface area contributed by atoms with Crippen LogP contribution < -0.4 is 47.9 Å². The van der Waals surface area contributed by atoms with Gasteiger partial charge in [-0.2, -0.15) is 0 Å². The maximum atomic E-state index is 14.5. The maximum absolute atomic E-state index is 14.5. The zero-order chi connectivity index (χ0) is 65.5. The first-order chi connectivity index (χ1) is 39.2. The molecule has 1 saturated heterocycles. The Balaban J connectivity index is 3.41. The molecule has 1 fully saturated rings. The number of ketones is 1. The topological polar surface area (TPSA) is 323 Å². The standard InChI is InChI=1S/C62H111N11O12/c1-21-39(9)26-27-49(76)73-34-41(11)33-47(73)55(81)66-46(32-40(10)24-23-25-43(74)22-2)53(79)68-50(51(77)38(7)8)56(82)70-61(15,16)58(84)67-44(30-36(3)4)52(78)65-45(31-37(5)6)54(80)69-62(17,18)59(85)71-60(13,14)57(83)63-29-28-48(75)64-42(12)35-72(19)20/h26-27,36-42,44-47,50-51,77H,21-25,28-35H2,1-20H3,(H,63,83)(H,64,75)(H,65,78)(H,66,81)(H,67,84)(H,68,79)(H,69,80)(H,70,82)(H,71,85). The minimum atomic E-state index is -1.79. The van der Waals surface area contributed by atoms with Crippen molar-refractivity contribution in [1.29, 1.82) is 0 Å². The lowest BCUT2D eigenvalue weighted by molar-refractivity contribution is -0.140. The van der Waals surface area contributed by atoms with Gasteiger partial charge in [0.05, 0.1) is 6.10 Å². The highest BCUT2D eigenvalue weighted by Crippen LogP contribution is 2.25. The van der Waals surface area contributed by atoms with Crippen LogP contribution in [-0.4, -0.2) is 172 Å². The fourth-order valence-corrected chi connectivity index (χ4v) is 9.66. The van der Waals surface area contributed by atoms with Crippen molar-refractivity contribution in [3.8, 4) is 0 Å². The first-order valence-electron chi connectivity index (χ1n) is 30.8. The normalized spacial score (nSPS) is 17.7. The number of amides is 10. The summed E-state index contributed by atoms with van der Waals surface area (Å²) >= 11 is 0. The smallest absolute Gasteiger partial charge is 0.246 e. The van der Waals surface area contributed by atoms with Gasteiger partial charge < -0.3 is 62.8 Å². The van der Waals surface area contributed by atoms with E-state index in [0.717, 1.165) is 6.42 Å². The summed E-state index contributed by atoms with van der Waals surface area (Å²) in [5.74, 6) is -7.31. The Kier molecular flexibility index (Phi) is 32.3. The van der Waals surface area contributed by atoms with Crippen molar-refractivity contribution >= 4 is 64.9 Å². The second-order valence-electron chi connectivity index (χ2n) is 26.9. The van der Waals surface area contributed by atoms with Crippen molar-refractivity contribution in [2.24, 2.45) is 35.5 Å². The predicted octanol–water partition coefficient (Wildman–Crippen LogP) is 3.31. The lowest BCUT2D eigenvalue weighted by atomic mass is 9.93. The molecule has 1 rings (SSSR count). The van der Waals surface area contributed by atoms with Crippen molar-refractivity contribution in [2.75, 3.05) is 33.7 Å². The summed E-state index contributed by atoms with van der Waals surface area (Å²) in [6.07, 6.45) is 5.10. The second-order valence-corrected chi connectivity index (χ2v) is 26.9. The minimum Gasteiger partial charge on any atom is -0.390 e. The van der Waals surface area contributed by atoms with Gasteiger partial charge in [-0.1, -0.05) is 95.1 Å². The molecule has 10 N–H and O–H groups in total. The summed E-state index contributed by atoms with van der Waals surface area (Å²) in [7, 11) is 3.78. The molecule has 0 aromatic rings. The highest BCUT2D eigenvalue weighted by Gasteiger charge is 2.43.